The molecule has 0 radical (unpaired) electrons. The number of carbonyl (C=O) groups is 3. The third-order valence-electron chi connectivity index (χ3n) is 8.01. The van der Waals surface area contributed by atoms with E-state index in [9.17, 15) is 14.4 Å². The number of carbonyl (C=O) groups excluding carboxylic acids is 3. The first-order valence-corrected chi connectivity index (χ1v) is 14.3. The number of hydrogen-bond donors (Lipinski definition) is 2. The van der Waals surface area contributed by atoms with E-state index in [-0.39, 0.29) is 36.7 Å². The molecule has 3 fully saturated rings. The molecule has 1 spiro atoms. The van der Waals surface area contributed by atoms with Gasteiger partial charge < -0.3 is 20.3 Å². The quantitative estimate of drug-likeness (QED) is 0.421. The standard InChI is InChI=1S/C29H35BrN4O4/c30-23-12-10-21(11-13-23)20-34-26(35)29(32-27(34)36)15-18-33(19-16-29)17-14-25(22-6-2-1-3-7-22)31-28(37)38-24-8-4-5-9-24/h1-3,6-7,10-13,24-25H,4-5,8-9,14-20H2,(H,31,37)(H,32,36)/t25-/m0/s1. The molecule has 3 aliphatic rings. The van der Waals surface area contributed by atoms with Crippen LogP contribution < -0.4 is 10.6 Å². The van der Waals surface area contributed by atoms with Crippen molar-refractivity contribution in [3.63, 3.8) is 0 Å². The monoisotopic (exact) mass is 582 g/mol. The van der Waals surface area contributed by atoms with Crippen LogP contribution in [0.2, 0.25) is 0 Å². The fourth-order valence-electron chi connectivity index (χ4n) is 5.74. The zero-order valence-corrected chi connectivity index (χ0v) is 23.1. The van der Waals surface area contributed by atoms with Crippen molar-refractivity contribution in [1.29, 1.82) is 0 Å². The molecule has 2 aliphatic heterocycles. The Kier molecular flexibility index (Phi) is 8.33. The highest BCUT2D eigenvalue weighted by atomic mass is 79.9. The van der Waals surface area contributed by atoms with E-state index in [1.54, 1.807) is 0 Å². The van der Waals surface area contributed by atoms with Crippen LogP contribution in [0, 0.1) is 0 Å². The number of hydrogen-bond acceptors (Lipinski definition) is 5. The lowest BCUT2D eigenvalue weighted by Gasteiger charge is -2.37. The summed E-state index contributed by atoms with van der Waals surface area (Å²) in [5, 5.41) is 6.09. The maximum absolute atomic E-state index is 13.3. The van der Waals surface area contributed by atoms with Crippen molar-refractivity contribution >= 4 is 34.0 Å². The van der Waals surface area contributed by atoms with Crippen LogP contribution in [0.1, 0.15) is 62.1 Å². The molecule has 9 heteroatoms. The zero-order chi connectivity index (χ0) is 26.5. The van der Waals surface area contributed by atoms with Gasteiger partial charge in [-0.05, 0) is 68.2 Å². The van der Waals surface area contributed by atoms with Crippen molar-refractivity contribution in [2.24, 2.45) is 0 Å². The van der Waals surface area contributed by atoms with E-state index >= 15 is 0 Å². The predicted octanol–water partition coefficient (Wildman–Crippen LogP) is 5.14. The first kappa shape index (κ1) is 26.7. The molecule has 202 valence electrons. The molecule has 1 saturated carbocycles. The van der Waals surface area contributed by atoms with E-state index in [1.165, 1.54) is 4.90 Å². The van der Waals surface area contributed by atoms with Gasteiger partial charge >= 0.3 is 12.1 Å². The van der Waals surface area contributed by atoms with Crippen LogP contribution >= 0.6 is 15.9 Å². The smallest absolute Gasteiger partial charge is 0.407 e. The Morgan fingerprint density at radius 3 is 2.42 bits per heavy atom. The highest BCUT2D eigenvalue weighted by Gasteiger charge is 2.52. The second-order valence-corrected chi connectivity index (χ2v) is 11.5. The van der Waals surface area contributed by atoms with Crippen molar-refractivity contribution in [3.8, 4) is 0 Å². The molecular weight excluding hydrogens is 548 g/mol. The maximum atomic E-state index is 13.3. The predicted molar refractivity (Wildman–Crippen MR) is 147 cm³/mol. The Bertz CT molecular complexity index is 1130. The summed E-state index contributed by atoms with van der Waals surface area (Å²) in [5.74, 6) is -0.136. The van der Waals surface area contributed by atoms with Gasteiger partial charge in [-0.25, -0.2) is 9.59 Å². The average molecular weight is 584 g/mol. The van der Waals surface area contributed by atoms with Gasteiger partial charge in [-0.1, -0.05) is 58.4 Å². The molecule has 8 nitrogen and oxygen atoms in total. The van der Waals surface area contributed by atoms with Crippen LogP contribution in [0.5, 0.6) is 0 Å². The van der Waals surface area contributed by atoms with E-state index in [2.05, 4.69) is 31.5 Å². The summed E-state index contributed by atoms with van der Waals surface area (Å²) in [4.78, 5) is 42.3. The summed E-state index contributed by atoms with van der Waals surface area (Å²) in [6, 6.07) is 17.2. The molecule has 2 N–H and O–H groups in total. The van der Waals surface area contributed by atoms with Gasteiger partial charge in [-0.2, -0.15) is 0 Å². The number of ether oxygens (including phenoxy) is 1. The SMILES string of the molecule is O=C(N[C@@H](CCN1CCC2(CC1)NC(=O)N(Cc1ccc(Br)cc1)C2=O)c1ccccc1)OC1CCCC1. The number of urea groups is 1. The summed E-state index contributed by atoms with van der Waals surface area (Å²) in [6.45, 7) is 2.44. The molecule has 38 heavy (non-hydrogen) atoms. The second-order valence-electron chi connectivity index (χ2n) is 10.6. The Morgan fingerprint density at radius 1 is 1.05 bits per heavy atom. The molecule has 1 atom stereocenters. The number of imide groups is 1. The lowest BCUT2D eigenvalue weighted by atomic mass is 9.87. The van der Waals surface area contributed by atoms with Crippen molar-refractivity contribution in [2.75, 3.05) is 19.6 Å². The molecule has 1 aliphatic carbocycles. The topological polar surface area (TPSA) is 91.0 Å². The van der Waals surface area contributed by atoms with Gasteiger partial charge in [0.15, 0.2) is 0 Å². The first-order chi connectivity index (χ1) is 18.4. The third kappa shape index (κ3) is 6.21. The van der Waals surface area contributed by atoms with Crippen LogP contribution in [0.4, 0.5) is 9.59 Å². The van der Waals surface area contributed by atoms with Crippen LogP contribution in [0.25, 0.3) is 0 Å². The molecule has 0 aromatic heterocycles. The minimum absolute atomic E-state index is 0.0206. The number of benzene rings is 2. The van der Waals surface area contributed by atoms with Gasteiger partial charge in [0, 0.05) is 24.1 Å². The summed E-state index contributed by atoms with van der Waals surface area (Å²) in [6.07, 6.45) is 5.64. The highest BCUT2D eigenvalue weighted by Crippen LogP contribution is 2.31. The maximum Gasteiger partial charge on any atom is 0.407 e. The number of likely N-dealkylation sites (tertiary alicyclic amines) is 1. The number of alkyl carbamates (subject to hydrolysis) is 1. The number of nitrogens with zero attached hydrogens (tertiary/aromatic N) is 2. The number of nitrogens with one attached hydrogen (secondary N) is 2. The van der Waals surface area contributed by atoms with E-state index in [4.69, 9.17) is 4.74 Å². The minimum Gasteiger partial charge on any atom is -0.446 e. The summed E-state index contributed by atoms with van der Waals surface area (Å²) < 4.78 is 6.61. The minimum atomic E-state index is -0.828. The average Bonchev–Trinajstić information content (AvgIpc) is 3.51. The molecule has 4 amide bonds. The second kappa shape index (κ2) is 11.9. The van der Waals surface area contributed by atoms with E-state index in [1.807, 2.05) is 54.6 Å². The molecule has 0 bridgehead atoms. The van der Waals surface area contributed by atoms with Crippen LogP contribution in [-0.2, 0) is 16.1 Å². The van der Waals surface area contributed by atoms with Gasteiger partial charge in [0.25, 0.3) is 5.91 Å². The van der Waals surface area contributed by atoms with Crippen molar-refractivity contribution in [2.45, 2.75) is 69.2 Å². The fourth-order valence-corrected chi connectivity index (χ4v) is 6.01. The van der Waals surface area contributed by atoms with Crippen molar-refractivity contribution in [1.82, 2.24) is 20.4 Å². The molecule has 2 heterocycles. The lowest BCUT2D eigenvalue weighted by molar-refractivity contribution is -0.133. The Hall–Kier alpha value is -2.91. The number of halogens is 1. The highest BCUT2D eigenvalue weighted by molar-refractivity contribution is 9.10. The van der Waals surface area contributed by atoms with Gasteiger partial charge in [-0.3, -0.25) is 9.69 Å². The molecule has 2 aromatic rings. The van der Waals surface area contributed by atoms with Crippen molar-refractivity contribution < 1.29 is 19.1 Å². The number of piperidine rings is 1. The van der Waals surface area contributed by atoms with Crippen LogP contribution in [0.3, 0.4) is 0 Å². The van der Waals surface area contributed by atoms with Gasteiger partial charge in [0.05, 0.1) is 12.6 Å². The number of rotatable bonds is 8. The summed E-state index contributed by atoms with van der Waals surface area (Å²) >= 11 is 3.42. The Morgan fingerprint density at radius 2 is 1.74 bits per heavy atom. The molecule has 2 aromatic carbocycles. The van der Waals surface area contributed by atoms with Gasteiger partial charge in [-0.15, -0.1) is 0 Å². The van der Waals surface area contributed by atoms with E-state index in [0.29, 0.717) is 25.9 Å². The van der Waals surface area contributed by atoms with Gasteiger partial charge in [0.2, 0.25) is 0 Å². The zero-order valence-electron chi connectivity index (χ0n) is 21.5. The first-order valence-electron chi connectivity index (χ1n) is 13.5. The molecular formula is C29H35BrN4O4. The third-order valence-corrected chi connectivity index (χ3v) is 8.54. The number of amides is 4. The summed E-state index contributed by atoms with van der Waals surface area (Å²) in [7, 11) is 0. The Labute approximate surface area is 232 Å². The molecule has 5 rings (SSSR count). The summed E-state index contributed by atoms with van der Waals surface area (Å²) in [5.41, 5.74) is 1.13. The molecule has 2 saturated heterocycles. The normalized spacial score (nSPS) is 20.5. The van der Waals surface area contributed by atoms with E-state index in [0.717, 1.165) is 54.2 Å². The van der Waals surface area contributed by atoms with Crippen LogP contribution in [-0.4, -0.2) is 59.1 Å². The largest absolute Gasteiger partial charge is 0.446 e. The molecule has 0 unspecified atom stereocenters. The Balaban J connectivity index is 1.15. The van der Waals surface area contributed by atoms with E-state index < -0.39 is 5.54 Å². The lowest BCUT2D eigenvalue weighted by Crippen LogP contribution is -2.55. The van der Waals surface area contributed by atoms with Gasteiger partial charge in [0.1, 0.15) is 11.6 Å². The van der Waals surface area contributed by atoms with Crippen molar-refractivity contribution in [3.05, 3.63) is 70.2 Å². The van der Waals surface area contributed by atoms with Crippen LogP contribution in [0.15, 0.2) is 59.1 Å². The fraction of sp³-hybridized carbons (Fsp3) is 0.483.